The molecule has 13 rings (SSSR count). The molecule has 0 radical (unpaired) electrons. The molecular formula is C55H33N5S. The smallest absolute Gasteiger partial charge is 0.238 e. The molecule has 12 aromatic rings. The molecule has 1 aliphatic rings. The summed E-state index contributed by atoms with van der Waals surface area (Å²) in [5.74, 6) is 1.85. The van der Waals surface area contributed by atoms with Crippen LogP contribution in [0.3, 0.4) is 0 Å². The topological polar surface area (TPSA) is 48.5 Å². The largest absolute Gasteiger partial charge is 0.309 e. The zero-order chi connectivity index (χ0) is 40.0. The highest BCUT2D eigenvalue weighted by molar-refractivity contribution is 7.99. The number of nitrogens with zero attached hydrogens (tertiary/aromatic N) is 5. The molecule has 0 fully saturated rings. The van der Waals surface area contributed by atoms with Crippen molar-refractivity contribution >= 4 is 66.1 Å². The van der Waals surface area contributed by atoms with Gasteiger partial charge in [-0.1, -0.05) is 157 Å². The molecule has 0 saturated heterocycles. The fraction of sp³-hybridized carbons (Fsp3) is 0. The molecule has 9 aromatic carbocycles. The fourth-order valence-electron chi connectivity index (χ4n) is 9.45. The monoisotopic (exact) mass is 795 g/mol. The molecule has 5 nitrogen and oxygen atoms in total. The average Bonchev–Trinajstić information content (AvgIpc) is 3.84. The summed E-state index contributed by atoms with van der Waals surface area (Å²) in [5.41, 5.74) is 12.4. The van der Waals surface area contributed by atoms with Crippen molar-refractivity contribution in [3.63, 3.8) is 0 Å². The molecular weight excluding hydrogens is 763 g/mol. The lowest BCUT2D eigenvalue weighted by atomic mass is 9.94. The Morgan fingerprint density at radius 3 is 1.74 bits per heavy atom. The van der Waals surface area contributed by atoms with Crippen LogP contribution in [0.2, 0.25) is 0 Å². The molecule has 0 amide bonds. The Hall–Kier alpha value is -7.80. The van der Waals surface area contributed by atoms with Crippen molar-refractivity contribution < 1.29 is 0 Å². The predicted molar refractivity (Wildman–Crippen MR) is 252 cm³/mol. The highest BCUT2D eigenvalue weighted by atomic mass is 32.2. The first-order chi connectivity index (χ1) is 30.2. The molecule has 3 aromatic heterocycles. The number of hydrogen-bond acceptors (Lipinski definition) is 4. The van der Waals surface area contributed by atoms with Crippen LogP contribution in [0.5, 0.6) is 0 Å². The molecule has 0 saturated carbocycles. The molecule has 284 valence electrons. The number of rotatable bonds is 5. The molecule has 0 bridgehead atoms. The summed E-state index contributed by atoms with van der Waals surface area (Å²) in [6.07, 6.45) is 0. The quantitative estimate of drug-likeness (QED) is 0.174. The van der Waals surface area contributed by atoms with Gasteiger partial charge in [-0.05, 0) is 82.2 Å². The summed E-state index contributed by atoms with van der Waals surface area (Å²) in [6.45, 7) is 0. The van der Waals surface area contributed by atoms with Crippen LogP contribution >= 0.6 is 11.8 Å². The van der Waals surface area contributed by atoms with E-state index in [1.54, 1.807) is 0 Å². The predicted octanol–water partition coefficient (Wildman–Crippen LogP) is 14.4. The summed E-state index contributed by atoms with van der Waals surface area (Å²) < 4.78 is 4.65. The van der Waals surface area contributed by atoms with Gasteiger partial charge >= 0.3 is 0 Å². The number of aromatic nitrogens is 5. The normalized spacial score (nSPS) is 12.2. The number of benzene rings is 9. The van der Waals surface area contributed by atoms with Gasteiger partial charge in [0.25, 0.3) is 0 Å². The maximum atomic E-state index is 5.14. The minimum atomic E-state index is 0.584. The van der Waals surface area contributed by atoms with Gasteiger partial charge in [0.1, 0.15) is 0 Å². The van der Waals surface area contributed by atoms with E-state index in [-0.39, 0.29) is 0 Å². The second-order valence-electron chi connectivity index (χ2n) is 15.6. The van der Waals surface area contributed by atoms with Crippen LogP contribution in [0.15, 0.2) is 210 Å². The lowest BCUT2D eigenvalue weighted by Crippen LogP contribution is -2.06. The van der Waals surface area contributed by atoms with Gasteiger partial charge in [-0.2, -0.15) is 9.97 Å². The summed E-state index contributed by atoms with van der Waals surface area (Å²) in [7, 11) is 0. The van der Waals surface area contributed by atoms with Crippen LogP contribution in [-0.4, -0.2) is 24.1 Å². The third-order valence-corrected chi connectivity index (χ3v) is 13.3. The van der Waals surface area contributed by atoms with E-state index >= 15 is 0 Å². The third-order valence-electron chi connectivity index (χ3n) is 12.2. The van der Waals surface area contributed by atoms with Crippen molar-refractivity contribution in [2.75, 3.05) is 0 Å². The lowest BCUT2D eigenvalue weighted by molar-refractivity contribution is 0.953. The van der Waals surface area contributed by atoms with Crippen molar-refractivity contribution in [3.8, 4) is 56.7 Å². The molecule has 0 aliphatic carbocycles. The van der Waals surface area contributed by atoms with Gasteiger partial charge in [-0.25, -0.2) is 4.98 Å². The Balaban J connectivity index is 1.03. The van der Waals surface area contributed by atoms with Gasteiger partial charge in [0, 0.05) is 53.5 Å². The van der Waals surface area contributed by atoms with E-state index < -0.39 is 0 Å². The van der Waals surface area contributed by atoms with Crippen molar-refractivity contribution in [2.45, 2.75) is 9.79 Å². The zero-order valence-electron chi connectivity index (χ0n) is 32.7. The Kier molecular flexibility index (Phi) is 7.47. The molecule has 61 heavy (non-hydrogen) atoms. The fourth-order valence-corrected chi connectivity index (χ4v) is 10.6. The molecule has 1 aliphatic heterocycles. The molecule has 0 spiro atoms. The lowest BCUT2D eigenvalue weighted by Gasteiger charge is -2.21. The third kappa shape index (κ3) is 5.26. The molecule has 6 heteroatoms. The maximum Gasteiger partial charge on any atom is 0.238 e. The van der Waals surface area contributed by atoms with Crippen molar-refractivity contribution in [3.05, 3.63) is 200 Å². The van der Waals surface area contributed by atoms with Crippen LogP contribution in [0.4, 0.5) is 0 Å². The maximum absolute atomic E-state index is 5.14. The van der Waals surface area contributed by atoms with Gasteiger partial charge in [-0.15, -0.1) is 0 Å². The Bertz CT molecular complexity index is 3660. The molecule has 0 unspecified atom stereocenters. The van der Waals surface area contributed by atoms with Crippen LogP contribution < -0.4 is 0 Å². The molecule has 0 N–H and O–H groups in total. The second kappa shape index (κ2) is 13.4. The number of para-hydroxylation sites is 2. The Morgan fingerprint density at radius 2 is 0.951 bits per heavy atom. The van der Waals surface area contributed by atoms with E-state index in [0.29, 0.717) is 17.6 Å². The van der Waals surface area contributed by atoms with E-state index in [1.165, 1.54) is 53.5 Å². The Morgan fingerprint density at radius 1 is 0.328 bits per heavy atom. The van der Waals surface area contributed by atoms with E-state index in [4.69, 9.17) is 15.0 Å². The van der Waals surface area contributed by atoms with E-state index in [1.807, 2.05) is 72.4 Å². The molecule has 4 heterocycles. The van der Waals surface area contributed by atoms with E-state index in [9.17, 15) is 0 Å². The highest BCUT2D eigenvalue weighted by Gasteiger charge is 2.25. The first-order valence-electron chi connectivity index (χ1n) is 20.5. The van der Waals surface area contributed by atoms with Crippen LogP contribution in [0, 0.1) is 0 Å². The SMILES string of the molecule is c1ccc(-c2nc(-c3ccccc3)nc(-n3c4ccccc4c4cc(-c5ccc6c7c8cccc9c8c(cc7n(-c7ccccc7)c6c5)-c5ccccc5S9)ccc43)n2)cc1. The average molecular weight is 796 g/mol. The van der Waals surface area contributed by atoms with Crippen molar-refractivity contribution in [1.82, 2.24) is 24.1 Å². The van der Waals surface area contributed by atoms with Crippen LogP contribution in [0.25, 0.3) is 111 Å². The summed E-state index contributed by atoms with van der Waals surface area (Å²) >= 11 is 1.87. The van der Waals surface area contributed by atoms with Gasteiger partial charge in [0.05, 0.1) is 22.1 Å². The standard InChI is InChI=1S/C55H33N5S/c1-4-15-34(16-5-1)53-56-54(35-17-6-2-7-18-35)58-55(57-53)60-45-24-12-10-21-39(45)43-31-36(28-30-46(43)60)37-27-29-41-47(32-37)59(38-19-8-3-9-20-38)48-33-44-40-22-11-13-25-49(40)61-50-26-14-23-42(51(41)48)52(44)50/h1-33H. The van der Waals surface area contributed by atoms with Crippen LogP contribution in [0.1, 0.15) is 0 Å². The van der Waals surface area contributed by atoms with Gasteiger partial charge in [-0.3, -0.25) is 4.57 Å². The second-order valence-corrected chi connectivity index (χ2v) is 16.7. The minimum Gasteiger partial charge on any atom is -0.309 e. The van der Waals surface area contributed by atoms with Gasteiger partial charge < -0.3 is 4.57 Å². The first kappa shape index (κ1) is 34.1. The first-order valence-corrected chi connectivity index (χ1v) is 21.3. The van der Waals surface area contributed by atoms with Crippen molar-refractivity contribution in [2.24, 2.45) is 0 Å². The van der Waals surface area contributed by atoms with Gasteiger partial charge in [0.15, 0.2) is 11.6 Å². The van der Waals surface area contributed by atoms with E-state index in [0.717, 1.165) is 49.7 Å². The summed E-state index contributed by atoms with van der Waals surface area (Å²) in [6, 6.07) is 71.5. The zero-order valence-corrected chi connectivity index (χ0v) is 33.5. The summed E-state index contributed by atoms with van der Waals surface area (Å²) in [5, 5.41) is 7.43. The van der Waals surface area contributed by atoms with Gasteiger partial charge in [0.2, 0.25) is 5.95 Å². The van der Waals surface area contributed by atoms with E-state index in [2.05, 4.69) is 149 Å². The molecule has 0 atom stereocenters. The van der Waals surface area contributed by atoms with Crippen LogP contribution in [-0.2, 0) is 0 Å². The highest BCUT2D eigenvalue weighted by Crippen LogP contribution is 2.51. The van der Waals surface area contributed by atoms with Crippen molar-refractivity contribution in [1.29, 1.82) is 0 Å². The summed E-state index contributed by atoms with van der Waals surface area (Å²) in [4.78, 5) is 17.9. The number of fused-ring (bicyclic) bond motifs is 9. The minimum absolute atomic E-state index is 0.584. The number of hydrogen-bond donors (Lipinski definition) is 0. The Labute approximate surface area is 355 Å².